The van der Waals surface area contributed by atoms with Crippen LogP contribution in [0.1, 0.15) is 57.8 Å². The summed E-state index contributed by atoms with van der Waals surface area (Å²) in [6.07, 6.45) is 6.74. The molecule has 1 saturated heterocycles. The first-order valence-electron chi connectivity index (χ1n) is 8.48. The molecule has 0 aromatic carbocycles. The Morgan fingerprint density at radius 1 is 1.43 bits per heavy atom. The van der Waals surface area contributed by atoms with Crippen LogP contribution in [0.15, 0.2) is 6.07 Å². The zero-order valence-corrected chi connectivity index (χ0v) is 14.1. The predicted octanol–water partition coefficient (Wildman–Crippen LogP) is 2.85. The average Bonchev–Trinajstić information content (AvgIpc) is 2.84. The minimum Gasteiger partial charge on any atom is -0.374 e. The van der Waals surface area contributed by atoms with E-state index in [0.717, 1.165) is 38.8 Å². The molecule has 4 heteroatoms. The first-order valence-corrected chi connectivity index (χ1v) is 8.48. The molecule has 1 aromatic rings. The molecule has 1 fully saturated rings. The van der Waals surface area contributed by atoms with Gasteiger partial charge in [-0.2, -0.15) is 5.10 Å². The minimum atomic E-state index is -0.0515. The lowest BCUT2D eigenvalue weighted by Crippen LogP contribution is -2.53. The van der Waals surface area contributed by atoms with Crippen molar-refractivity contribution in [1.82, 2.24) is 15.1 Å². The van der Waals surface area contributed by atoms with Crippen LogP contribution in [0.4, 0.5) is 0 Å². The van der Waals surface area contributed by atoms with Crippen molar-refractivity contribution in [2.24, 2.45) is 7.05 Å². The van der Waals surface area contributed by atoms with Crippen molar-refractivity contribution in [3.05, 3.63) is 17.5 Å². The molecule has 4 nitrogen and oxygen atoms in total. The Bertz CT molecular complexity index is 435. The van der Waals surface area contributed by atoms with E-state index in [0.29, 0.717) is 6.04 Å². The van der Waals surface area contributed by atoms with E-state index in [4.69, 9.17) is 4.74 Å². The molecule has 0 bridgehead atoms. The first-order chi connectivity index (χ1) is 10.1. The van der Waals surface area contributed by atoms with Gasteiger partial charge < -0.3 is 10.1 Å². The number of hydrogen-bond donors (Lipinski definition) is 1. The topological polar surface area (TPSA) is 39.1 Å². The molecule has 0 amide bonds. The highest BCUT2D eigenvalue weighted by Gasteiger charge is 2.36. The number of ether oxygens (including phenoxy) is 1. The van der Waals surface area contributed by atoms with Crippen molar-refractivity contribution in [2.75, 3.05) is 13.2 Å². The summed E-state index contributed by atoms with van der Waals surface area (Å²) < 4.78 is 8.21. The highest BCUT2D eigenvalue weighted by molar-refractivity contribution is 5.13. The van der Waals surface area contributed by atoms with Gasteiger partial charge in [-0.25, -0.2) is 0 Å². The van der Waals surface area contributed by atoms with Crippen LogP contribution in [-0.2, 0) is 24.6 Å². The van der Waals surface area contributed by atoms with E-state index in [9.17, 15) is 0 Å². The molecule has 1 N–H and O–H groups in total. The van der Waals surface area contributed by atoms with Crippen molar-refractivity contribution in [2.45, 2.75) is 70.9 Å². The Morgan fingerprint density at radius 2 is 2.24 bits per heavy atom. The average molecular weight is 293 g/mol. The Balaban J connectivity index is 2.13. The van der Waals surface area contributed by atoms with Gasteiger partial charge in [0.25, 0.3) is 0 Å². The van der Waals surface area contributed by atoms with Crippen molar-refractivity contribution in [1.29, 1.82) is 0 Å². The molecule has 0 spiro atoms. The van der Waals surface area contributed by atoms with E-state index in [1.807, 2.05) is 4.68 Å². The van der Waals surface area contributed by atoms with Gasteiger partial charge in [0.2, 0.25) is 0 Å². The van der Waals surface area contributed by atoms with Crippen molar-refractivity contribution in [3.8, 4) is 0 Å². The molecule has 1 aliphatic rings. The smallest absolute Gasteiger partial charge is 0.0810 e. The fourth-order valence-corrected chi connectivity index (χ4v) is 3.20. The molecule has 1 aliphatic heterocycles. The van der Waals surface area contributed by atoms with Gasteiger partial charge in [0.1, 0.15) is 0 Å². The van der Waals surface area contributed by atoms with Gasteiger partial charge in [0.15, 0.2) is 0 Å². The number of hydrogen-bond acceptors (Lipinski definition) is 3. The van der Waals surface area contributed by atoms with E-state index < -0.39 is 0 Å². The number of aromatic nitrogens is 2. The highest BCUT2D eigenvalue weighted by atomic mass is 16.5. The summed E-state index contributed by atoms with van der Waals surface area (Å²) >= 11 is 0. The van der Waals surface area contributed by atoms with Gasteiger partial charge >= 0.3 is 0 Å². The maximum Gasteiger partial charge on any atom is 0.0810 e. The standard InChI is InChI=1S/C17H31N3O/c1-5-10-18-16(17(3)9-7-8-11-21-17)13-15-12-14(6-2)19-20(15)4/h12,16,18H,5-11,13H2,1-4H3. The second-order valence-electron chi connectivity index (χ2n) is 6.43. The lowest BCUT2D eigenvalue weighted by atomic mass is 9.85. The minimum absolute atomic E-state index is 0.0515. The molecule has 2 unspecified atom stereocenters. The monoisotopic (exact) mass is 293 g/mol. The van der Waals surface area contributed by atoms with Gasteiger partial charge in [-0.1, -0.05) is 13.8 Å². The van der Waals surface area contributed by atoms with Gasteiger partial charge in [-0.15, -0.1) is 0 Å². The Hall–Kier alpha value is -0.870. The largest absolute Gasteiger partial charge is 0.374 e. The summed E-state index contributed by atoms with van der Waals surface area (Å²) in [7, 11) is 2.05. The molecule has 2 heterocycles. The fraction of sp³-hybridized carbons (Fsp3) is 0.824. The molecular weight excluding hydrogens is 262 g/mol. The van der Waals surface area contributed by atoms with Crippen LogP contribution < -0.4 is 5.32 Å². The molecular formula is C17H31N3O. The summed E-state index contributed by atoms with van der Waals surface area (Å²) in [5.74, 6) is 0. The van der Waals surface area contributed by atoms with Gasteiger partial charge in [0.05, 0.1) is 11.3 Å². The second-order valence-corrected chi connectivity index (χ2v) is 6.43. The maximum atomic E-state index is 6.18. The molecule has 21 heavy (non-hydrogen) atoms. The third-order valence-corrected chi connectivity index (χ3v) is 4.68. The molecule has 120 valence electrons. The van der Waals surface area contributed by atoms with Crippen LogP contribution in [0.25, 0.3) is 0 Å². The number of nitrogens with one attached hydrogen (secondary N) is 1. The third kappa shape index (κ3) is 4.07. The van der Waals surface area contributed by atoms with E-state index >= 15 is 0 Å². The van der Waals surface area contributed by atoms with Gasteiger partial charge in [-0.3, -0.25) is 4.68 Å². The normalized spacial score (nSPS) is 24.2. The molecule has 2 atom stereocenters. The van der Waals surface area contributed by atoms with Gasteiger partial charge in [-0.05, 0) is 51.6 Å². The van der Waals surface area contributed by atoms with Crippen LogP contribution >= 0.6 is 0 Å². The zero-order chi connectivity index (χ0) is 15.3. The summed E-state index contributed by atoms with van der Waals surface area (Å²) in [5.41, 5.74) is 2.43. The second kappa shape index (κ2) is 7.41. The molecule has 0 saturated carbocycles. The first kappa shape index (κ1) is 16.5. The van der Waals surface area contributed by atoms with Crippen LogP contribution in [0.3, 0.4) is 0 Å². The number of aryl methyl sites for hydroxylation is 2. The van der Waals surface area contributed by atoms with Crippen LogP contribution in [0, 0.1) is 0 Å². The fourth-order valence-electron chi connectivity index (χ4n) is 3.20. The van der Waals surface area contributed by atoms with E-state index in [-0.39, 0.29) is 5.60 Å². The molecule has 0 aliphatic carbocycles. The van der Waals surface area contributed by atoms with Crippen molar-refractivity contribution < 1.29 is 4.74 Å². The predicted molar refractivity (Wildman–Crippen MR) is 86.6 cm³/mol. The summed E-state index contributed by atoms with van der Waals surface area (Å²) in [6.45, 7) is 8.59. The molecule has 1 aromatic heterocycles. The van der Waals surface area contributed by atoms with E-state index in [2.05, 4.69) is 44.3 Å². The van der Waals surface area contributed by atoms with Crippen LogP contribution in [0.5, 0.6) is 0 Å². The summed E-state index contributed by atoms with van der Waals surface area (Å²) in [6, 6.07) is 2.60. The molecule has 2 rings (SSSR count). The van der Waals surface area contributed by atoms with Gasteiger partial charge in [0, 0.05) is 31.8 Å². The van der Waals surface area contributed by atoms with Crippen LogP contribution in [0.2, 0.25) is 0 Å². The molecule has 0 radical (unpaired) electrons. The number of rotatable bonds is 7. The van der Waals surface area contributed by atoms with E-state index in [1.165, 1.54) is 24.2 Å². The SMILES string of the molecule is CCCNC(Cc1cc(CC)nn1C)C1(C)CCCCO1. The lowest BCUT2D eigenvalue weighted by Gasteiger charge is -2.41. The zero-order valence-electron chi connectivity index (χ0n) is 14.1. The quantitative estimate of drug-likeness (QED) is 0.840. The number of nitrogens with zero attached hydrogens (tertiary/aromatic N) is 2. The highest BCUT2D eigenvalue weighted by Crippen LogP contribution is 2.29. The van der Waals surface area contributed by atoms with E-state index in [1.54, 1.807) is 0 Å². The third-order valence-electron chi connectivity index (χ3n) is 4.68. The Kier molecular flexibility index (Phi) is 5.82. The van der Waals surface area contributed by atoms with Crippen LogP contribution in [-0.4, -0.2) is 34.6 Å². The van der Waals surface area contributed by atoms with Crippen molar-refractivity contribution >= 4 is 0 Å². The summed E-state index contributed by atoms with van der Waals surface area (Å²) in [4.78, 5) is 0. The Labute approximate surface area is 129 Å². The summed E-state index contributed by atoms with van der Waals surface area (Å²) in [5, 5.41) is 8.29. The van der Waals surface area contributed by atoms with Crippen molar-refractivity contribution in [3.63, 3.8) is 0 Å². The maximum absolute atomic E-state index is 6.18. The Morgan fingerprint density at radius 3 is 2.81 bits per heavy atom. The lowest BCUT2D eigenvalue weighted by molar-refractivity contribution is -0.0886.